The van der Waals surface area contributed by atoms with Gasteiger partial charge in [-0.2, -0.15) is 0 Å². The molecule has 0 aromatic rings. The van der Waals surface area contributed by atoms with Gasteiger partial charge in [0.05, 0.1) is 44.2 Å². The maximum atomic E-state index is 14.2. The normalized spacial score (nSPS) is 27.0. The smallest absolute Gasteiger partial charge is 0.222 e. The molecule has 0 aliphatic carbocycles. The number of hydrogen-bond acceptors (Lipinski definition) is 24. The second-order valence-corrected chi connectivity index (χ2v) is 30.6. The molecule has 0 saturated carbocycles. The Bertz CT molecular complexity index is 2470. The van der Waals surface area contributed by atoms with Crippen molar-refractivity contribution < 1.29 is 118 Å². The van der Waals surface area contributed by atoms with Crippen LogP contribution in [0.1, 0.15) is 234 Å². The summed E-state index contributed by atoms with van der Waals surface area (Å²) in [6.45, 7) is 11.2. The Morgan fingerprint density at radius 1 is 0.398 bits per heavy atom. The largest absolute Gasteiger partial charge is 0.394 e. The van der Waals surface area contributed by atoms with Gasteiger partial charge < -0.3 is 122 Å². The summed E-state index contributed by atoms with van der Waals surface area (Å²) in [5, 5.41) is 121. The van der Waals surface area contributed by atoms with Crippen LogP contribution in [-0.2, 0) is 66.8 Å². The third-order valence-corrected chi connectivity index (χ3v) is 21.0. The van der Waals surface area contributed by atoms with E-state index in [4.69, 9.17) is 28.4 Å². The van der Waals surface area contributed by atoms with Gasteiger partial charge in [0.15, 0.2) is 18.9 Å². The molecule has 17 N–H and O–H groups in total. The Kier molecular flexibility index (Phi) is 47.7. The van der Waals surface area contributed by atoms with Crippen LogP contribution in [0.4, 0.5) is 0 Å². The number of unbranched alkanes of at least 4 members (excludes halogenated alkanes) is 9. The monoisotopic (exact) mass is 1550 g/mol. The Morgan fingerprint density at radius 3 is 1.06 bits per heavy atom. The van der Waals surface area contributed by atoms with E-state index < -0.39 is 123 Å². The van der Waals surface area contributed by atoms with E-state index in [1.807, 2.05) is 0 Å². The number of carbonyl (C=O) groups is 8. The highest BCUT2D eigenvalue weighted by Gasteiger charge is 2.45. The Morgan fingerprint density at radius 2 is 0.722 bits per heavy atom. The Balaban J connectivity index is 1.29. The third kappa shape index (κ3) is 36.7. The molecule has 4 saturated heterocycles. The van der Waals surface area contributed by atoms with Crippen molar-refractivity contribution in [2.75, 3.05) is 85.5 Å². The summed E-state index contributed by atoms with van der Waals surface area (Å²) < 4.78 is 34.1. The third-order valence-electron chi connectivity index (χ3n) is 21.0. The number of hydrogen-bond donors (Lipinski definition) is 17. The number of amides is 8. The van der Waals surface area contributed by atoms with Crippen LogP contribution >= 0.6 is 0 Å². The highest BCUT2D eigenvalue weighted by molar-refractivity contribution is 5.81. The summed E-state index contributed by atoms with van der Waals surface area (Å²) in [4.78, 5) is 108. The molecular formula is C76H138N8O24. The number of ether oxygens (including phenoxy) is 6. The highest BCUT2D eigenvalue weighted by Crippen LogP contribution is 2.32. The van der Waals surface area contributed by atoms with Crippen LogP contribution in [-0.4, -0.2) is 280 Å². The molecule has 17 atom stereocenters. The molecule has 0 spiro atoms. The minimum absolute atomic E-state index is 0.0409. The van der Waals surface area contributed by atoms with Gasteiger partial charge in [0.25, 0.3) is 0 Å². The van der Waals surface area contributed by atoms with Crippen molar-refractivity contribution in [1.82, 2.24) is 42.1 Å². The van der Waals surface area contributed by atoms with Gasteiger partial charge in [-0.3, -0.25) is 38.4 Å². The first kappa shape index (κ1) is 95.5. The summed E-state index contributed by atoms with van der Waals surface area (Å²) in [5.41, 5.74) is -1.15. The van der Waals surface area contributed by atoms with Crippen molar-refractivity contribution >= 4 is 47.3 Å². The lowest BCUT2D eigenvalue weighted by Gasteiger charge is -2.40. The van der Waals surface area contributed by atoms with Crippen molar-refractivity contribution in [3.63, 3.8) is 0 Å². The molecule has 0 radical (unpaired) electrons. The zero-order valence-corrected chi connectivity index (χ0v) is 65.1. The fourth-order valence-corrected chi connectivity index (χ4v) is 13.9. The van der Waals surface area contributed by atoms with E-state index in [0.717, 1.165) is 12.8 Å². The van der Waals surface area contributed by atoms with Gasteiger partial charge in [0.1, 0.15) is 36.6 Å². The molecule has 4 fully saturated rings. The van der Waals surface area contributed by atoms with Crippen molar-refractivity contribution in [3.05, 3.63) is 0 Å². The average Bonchev–Trinajstić information content (AvgIpc) is 1.15. The van der Waals surface area contributed by atoms with Crippen LogP contribution in [0.2, 0.25) is 0 Å². The van der Waals surface area contributed by atoms with Gasteiger partial charge in [-0.05, 0) is 134 Å². The number of rotatable bonds is 57. The fourth-order valence-electron chi connectivity index (χ4n) is 13.9. The van der Waals surface area contributed by atoms with Gasteiger partial charge in [0, 0.05) is 146 Å². The number of aliphatic hydroxyl groups excluding tert-OH is 10. The lowest BCUT2D eigenvalue weighted by Crippen LogP contribution is -2.55. The van der Waals surface area contributed by atoms with Gasteiger partial charge >= 0.3 is 0 Å². The van der Waals surface area contributed by atoms with E-state index in [-0.39, 0.29) is 124 Å². The number of nitrogens with zero attached hydrogens (tertiary/aromatic N) is 1. The fraction of sp³-hybridized carbons (Fsp3) is 0.895. The van der Waals surface area contributed by atoms with Gasteiger partial charge in [-0.1, -0.05) is 53.9 Å². The van der Waals surface area contributed by atoms with Crippen LogP contribution < -0.4 is 37.2 Å². The van der Waals surface area contributed by atoms with E-state index in [0.29, 0.717) is 187 Å². The maximum Gasteiger partial charge on any atom is 0.222 e. The van der Waals surface area contributed by atoms with Gasteiger partial charge in [-0.25, -0.2) is 0 Å². The molecule has 32 heteroatoms. The Hall–Kier alpha value is -4.88. The van der Waals surface area contributed by atoms with Gasteiger partial charge in [-0.15, -0.1) is 0 Å². The van der Waals surface area contributed by atoms with Crippen LogP contribution in [0, 0.1) is 23.7 Å². The van der Waals surface area contributed by atoms with E-state index in [9.17, 15) is 89.4 Å². The number of aliphatic hydroxyl groups is 10. The minimum Gasteiger partial charge on any atom is -0.394 e. The summed E-state index contributed by atoms with van der Waals surface area (Å²) in [6, 6.07) is -0.0929. The molecule has 32 nitrogen and oxygen atoms in total. The lowest BCUT2D eigenvalue weighted by molar-refractivity contribution is -0.282. The molecule has 8 amide bonds. The number of carbonyl (C=O) groups excluding carboxylic acids is 8. The molecule has 4 heterocycles. The van der Waals surface area contributed by atoms with Crippen molar-refractivity contribution in [3.8, 4) is 0 Å². The first-order valence-corrected chi connectivity index (χ1v) is 40.3. The van der Waals surface area contributed by atoms with Crippen LogP contribution in [0.3, 0.4) is 0 Å². The molecule has 4 rings (SSSR count). The molecule has 0 aromatic carbocycles. The average molecular weight is 1550 g/mol. The first-order valence-electron chi connectivity index (χ1n) is 40.3. The summed E-state index contributed by atoms with van der Waals surface area (Å²) in [5.74, 6) is -2.80. The standard InChI is InChI=1S/C76H138N8O24/c1-50(2)29-30-54-45-55(88)46-84(54)66(96)28-21-26-65(95)83-76(34-31-63(93)81-40-16-14-37-78-60(90)24-10-7-19-43-104-74-52(4)68(98)71(101)57(48-86)107-74,35-32-64(94)82-41-17-15-38-79-61(91)25-11-8-20-44-105-75-53(5)69(99)72(102)58(49-87)108-75)33-22-27-62(92)80-39-13-12-36-77-59(89)23-9-6-18-42-103-73-51(3)67(97)70(100)56(47-85)106-73/h50-58,67-75,85-88,97-102H,6-49H2,1-5H3,(H,77,89)(H,78,90)(H,79,91)(H,80,92)(H,81,93)(H,82,94)(H,83,95)/t51?,52?,53?,54-,55-,56?,57?,58?,67-,68-,69-,70+,71+,72+,73-,74-,75-,76?/m1/s1. The minimum atomic E-state index is -1.21. The molecule has 6 unspecified atom stereocenters. The zero-order chi connectivity index (χ0) is 79.4. The molecule has 0 bridgehead atoms. The molecule has 0 aromatic heterocycles. The van der Waals surface area contributed by atoms with Crippen LogP contribution in [0.25, 0.3) is 0 Å². The zero-order valence-electron chi connectivity index (χ0n) is 65.1. The molecule has 108 heavy (non-hydrogen) atoms. The van der Waals surface area contributed by atoms with Crippen molar-refractivity contribution in [2.24, 2.45) is 23.7 Å². The summed E-state index contributed by atoms with van der Waals surface area (Å²) >= 11 is 0. The highest BCUT2D eigenvalue weighted by atomic mass is 16.7. The van der Waals surface area contributed by atoms with E-state index in [2.05, 4.69) is 51.1 Å². The van der Waals surface area contributed by atoms with Gasteiger partial charge in [0.2, 0.25) is 47.3 Å². The summed E-state index contributed by atoms with van der Waals surface area (Å²) in [6.07, 6.45) is 0.515. The van der Waals surface area contributed by atoms with E-state index in [1.165, 1.54) is 0 Å². The second kappa shape index (κ2) is 54.0. The second-order valence-electron chi connectivity index (χ2n) is 30.6. The Labute approximate surface area is 639 Å². The quantitative estimate of drug-likeness (QED) is 0.0380. The summed E-state index contributed by atoms with van der Waals surface area (Å²) in [7, 11) is 0. The molecule has 4 aliphatic rings. The predicted octanol–water partition coefficient (Wildman–Crippen LogP) is 1.13. The molecule has 4 aliphatic heterocycles. The van der Waals surface area contributed by atoms with E-state index >= 15 is 0 Å². The lowest BCUT2D eigenvalue weighted by atomic mass is 9.82. The SMILES string of the molecule is CC(C)CC[C@@H]1C[C@@H](O)CN1C(=O)CCCC(=O)NC(CCCC(=O)NCCCCNC(=O)CCCCCO[C@@H]1OC(CO)[C@H](O)[C@H](O)C1C)(CCC(=O)NCCCCNC(=O)CCCCCO[C@@H]1OC(CO)[C@H](O)[C@H](O)C1C)CCC(=O)NCCCCNC(=O)CCCCCO[C@@H]1OC(CO)[C@H](O)[C@H](O)C1C. The van der Waals surface area contributed by atoms with Crippen LogP contribution in [0.5, 0.6) is 0 Å². The molecule has 626 valence electrons. The number of nitrogens with one attached hydrogen (secondary N) is 7. The van der Waals surface area contributed by atoms with Crippen LogP contribution in [0.15, 0.2) is 0 Å². The number of likely N-dealkylation sites (tertiary alicyclic amines) is 1. The maximum absolute atomic E-state index is 14.2. The van der Waals surface area contributed by atoms with E-state index in [1.54, 1.807) is 25.7 Å². The molecular weight excluding hydrogens is 1410 g/mol. The van der Waals surface area contributed by atoms with Crippen molar-refractivity contribution in [2.45, 2.75) is 325 Å². The number of β-amino-alcohol motifs (C(OH)–C–C–N with tert-alkyl or cyclic N) is 1. The first-order chi connectivity index (χ1) is 51.7. The predicted molar refractivity (Wildman–Crippen MR) is 397 cm³/mol. The van der Waals surface area contributed by atoms with Crippen molar-refractivity contribution in [1.29, 1.82) is 0 Å². The topological polar surface area (TPSA) is 482 Å².